The van der Waals surface area contributed by atoms with E-state index < -0.39 is 0 Å². The minimum atomic E-state index is 0.648. The number of benzene rings is 3. The van der Waals surface area contributed by atoms with Gasteiger partial charge in [0.2, 0.25) is 0 Å². The van der Waals surface area contributed by atoms with Gasteiger partial charge in [0.1, 0.15) is 11.5 Å². The number of para-hydroxylation sites is 2. The van der Waals surface area contributed by atoms with Crippen LogP contribution in [0, 0.1) is 0 Å². The van der Waals surface area contributed by atoms with Crippen molar-refractivity contribution in [1.29, 1.82) is 0 Å². The Balaban J connectivity index is 1.89. The Kier molecular flexibility index (Phi) is 7.26. The normalized spacial score (nSPS) is 14.4. The van der Waals surface area contributed by atoms with Crippen molar-refractivity contribution < 1.29 is 9.47 Å². The molecule has 0 unspecified atom stereocenters. The third-order valence-corrected chi connectivity index (χ3v) is 5.93. The third-order valence-electron chi connectivity index (χ3n) is 5.93. The van der Waals surface area contributed by atoms with Gasteiger partial charge in [-0.1, -0.05) is 61.0 Å². The highest BCUT2D eigenvalue weighted by Gasteiger charge is 2.20. The van der Waals surface area contributed by atoms with Crippen LogP contribution in [0.1, 0.15) is 38.7 Å². The summed E-state index contributed by atoms with van der Waals surface area (Å²) in [7, 11) is 0. The summed E-state index contributed by atoms with van der Waals surface area (Å²) >= 11 is 0. The summed E-state index contributed by atoms with van der Waals surface area (Å²) in [4.78, 5) is 2.59. The molecular formula is C28H33NO2. The number of nitrogens with zero attached hydrogens (tertiary/aromatic N) is 1. The minimum absolute atomic E-state index is 0.648. The van der Waals surface area contributed by atoms with E-state index in [1.807, 2.05) is 19.9 Å². The van der Waals surface area contributed by atoms with Crippen LogP contribution in [0.5, 0.6) is 11.5 Å². The summed E-state index contributed by atoms with van der Waals surface area (Å²) in [6.07, 6.45) is 3.92. The molecule has 0 atom stereocenters. The van der Waals surface area contributed by atoms with Crippen LogP contribution in [-0.4, -0.2) is 31.2 Å². The Hall–Kier alpha value is -2.78. The molecule has 3 aromatic rings. The molecule has 1 heterocycles. The fourth-order valence-electron chi connectivity index (χ4n) is 4.56. The van der Waals surface area contributed by atoms with Gasteiger partial charge in [0.05, 0.1) is 13.2 Å². The molecule has 162 valence electrons. The highest BCUT2D eigenvalue weighted by Crippen LogP contribution is 2.43. The first-order valence-corrected chi connectivity index (χ1v) is 11.6. The highest BCUT2D eigenvalue weighted by atomic mass is 16.5. The van der Waals surface area contributed by atoms with Crippen molar-refractivity contribution in [2.75, 3.05) is 26.3 Å². The van der Waals surface area contributed by atoms with Crippen LogP contribution < -0.4 is 9.47 Å². The Morgan fingerprint density at radius 2 is 1.23 bits per heavy atom. The smallest absolute Gasteiger partial charge is 0.127 e. The molecule has 4 rings (SSSR count). The van der Waals surface area contributed by atoms with Crippen molar-refractivity contribution in [3.8, 4) is 33.8 Å². The summed E-state index contributed by atoms with van der Waals surface area (Å²) in [5, 5.41) is 0. The third kappa shape index (κ3) is 4.94. The second-order valence-corrected chi connectivity index (χ2v) is 8.03. The van der Waals surface area contributed by atoms with Crippen molar-refractivity contribution in [2.45, 2.75) is 39.7 Å². The maximum absolute atomic E-state index is 6.06. The molecule has 3 heteroatoms. The van der Waals surface area contributed by atoms with Crippen LogP contribution in [0.2, 0.25) is 0 Å². The van der Waals surface area contributed by atoms with Crippen molar-refractivity contribution >= 4 is 0 Å². The van der Waals surface area contributed by atoms with Gasteiger partial charge in [-0.05, 0) is 68.6 Å². The van der Waals surface area contributed by atoms with Gasteiger partial charge >= 0.3 is 0 Å². The Labute approximate surface area is 186 Å². The number of ether oxygens (including phenoxy) is 2. The SMILES string of the molecule is CCOc1ccccc1-c1cccc(CN2CCCCC2)c1-c1ccccc1OCC. The molecule has 1 fully saturated rings. The van der Waals surface area contributed by atoms with Crippen LogP contribution in [0.3, 0.4) is 0 Å². The fourth-order valence-corrected chi connectivity index (χ4v) is 4.56. The molecule has 3 aromatic carbocycles. The zero-order chi connectivity index (χ0) is 21.5. The fraction of sp³-hybridized carbons (Fsp3) is 0.357. The standard InChI is InChI=1S/C28H33NO2/c1-3-30-26-17-8-6-14-23(26)24-16-12-13-22(21-29-19-10-5-11-20-29)28(24)25-15-7-9-18-27(25)31-4-2/h6-9,12-18H,3-5,10-11,19-21H2,1-2H3. The van der Waals surface area contributed by atoms with E-state index in [1.54, 1.807) is 0 Å². The Morgan fingerprint density at radius 3 is 1.90 bits per heavy atom. The van der Waals surface area contributed by atoms with Gasteiger partial charge in [-0.25, -0.2) is 0 Å². The van der Waals surface area contributed by atoms with E-state index in [9.17, 15) is 0 Å². The first-order valence-electron chi connectivity index (χ1n) is 11.6. The second kappa shape index (κ2) is 10.5. The molecule has 0 radical (unpaired) electrons. The van der Waals surface area contributed by atoms with E-state index in [0.29, 0.717) is 13.2 Å². The summed E-state index contributed by atoms with van der Waals surface area (Å²) in [5.41, 5.74) is 6.08. The van der Waals surface area contributed by atoms with Crippen molar-refractivity contribution in [3.63, 3.8) is 0 Å². The molecule has 1 saturated heterocycles. The van der Waals surface area contributed by atoms with Crippen LogP contribution in [-0.2, 0) is 6.54 Å². The van der Waals surface area contributed by atoms with E-state index in [1.165, 1.54) is 49.0 Å². The van der Waals surface area contributed by atoms with Gasteiger partial charge in [-0.2, -0.15) is 0 Å². The number of hydrogen-bond acceptors (Lipinski definition) is 3. The monoisotopic (exact) mass is 415 g/mol. The summed E-state index contributed by atoms with van der Waals surface area (Å²) in [5.74, 6) is 1.86. The number of hydrogen-bond donors (Lipinski definition) is 0. The quantitative estimate of drug-likeness (QED) is 0.404. The predicted octanol–water partition coefficient (Wildman–Crippen LogP) is 6.80. The number of rotatable bonds is 8. The van der Waals surface area contributed by atoms with Gasteiger partial charge in [0.25, 0.3) is 0 Å². The molecule has 1 aliphatic rings. The van der Waals surface area contributed by atoms with E-state index in [2.05, 4.69) is 65.6 Å². The second-order valence-electron chi connectivity index (χ2n) is 8.03. The summed E-state index contributed by atoms with van der Waals surface area (Å²) < 4.78 is 12.1. The largest absolute Gasteiger partial charge is 0.493 e. The molecule has 0 saturated carbocycles. The molecular weight excluding hydrogens is 382 g/mol. The molecule has 0 spiro atoms. The Bertz CT molecular complexity index is 992. The lowest BCUT2D eigenvalue weighted by Gasteiger charge is -2.28. The lowest BCUT2D eigenvalue weighted by molar-refractivity contribution is 0.221. The molecule has 0 amide bonds. The van der Waals surface area contributed by atoms with Crippen molar-refractivity contribution in [2.24, 2.45) is 0 Å². The highest BCUT2D eigenvalue weighted by molar-refractivity contribution is 5.90. The molecule has 1 aliphatic heterocycles. The number of piperidine rings is 1. The molecule has 0 aliphatic carbocycles. The molecule has 0 aromatic heterocycles. The average Bonchev–Trinajstić information content (AvgIpc) is 2.81. The van der Waals surface area contributed by atoms with Crippen molar-refractivity contribution in [3.05, 3.63) is 72.3 Å². The van der Waals surface area contributed by atoms with Crippen LogP contribution in [0.25, 0.3) is 22.3 Å². The maximum Gasteiger partial charge on any atom is 0.127 e. The van der Waals surface area contributed by atoms with Gasteiger partial charge < -0.3 is 9.47 Å². The van der Waals surface area contributed by atoms with Crippen LogP contribution in [0.15, 0.2) is 66.7 Å². The van der Waals surface area contributed by atoms with Crippen LogP contribution in [0.4, 0.5) is 0 Å². The zero-order valence-electron chi connectivity index (χ0n) is 18.8. The lowest BCUT2D eigenvalue weighted by Crippen LogP contribution is -2.29. The van der Waals surface area contributed by atoms with Gasteiger partial charge in [0, 0.05) is 17.7 Å². The van der Waals surface area contributed by atoms with E-state index >= 15 is 0 Å². The maximum atomic E-state index is 6.06. The van der Waals surface area contributed by atoms with Gasteiger partial charge in [0.15, 0.2) is 0 Å². The molecule has 3 nitrogen and oxygen atoms in total. The summed E-state index contributed by atoms with van der Waals surface area (Å²) in [6.45, 7) is 8.68. The summed E-state index contributed by atoms with van der Waals surface area (Å²) in [6, 6.07) is 23.5. The minimum Gasteiger partial charge on any atom is -0.493 e. The first kappa shape index (κ1) is 21.5. The number of likely N-dealkylation sites (tertiary alicyclic amines) is 1. The topological polar surface area (TPSA) is 21.7 Å². The zero-order valence-corrected chi connectivity index (χ0v) is 18.8. The molecule has 0 bridgehead atoms. The molecule has 31 heavy (non-hydrogen) atoms. The average molecular weight is 416 g/mol. The first-order chi connectivity index (χ1) is 15.3. The van der Waals surface area contributed by atoms with Crippen molar-refractivity contribution in [1.82, 2.24) is 4.90 Å². The van der Waals surface area contributed by atoms with Gasteiger partial charge in [-0.3, -0.25) is 4.90 Å². The van der Waals surface area contributed by atoms with E-state index in [4.69, 9.17) is 9.47 Å². The van der Waals surface area contributed by atoms with Gasteiger partial charge in [-0.15, -0.1) is 0 Å². The predicted molar refractivity (Wildman–Crippen MR) is 129 cm³/mol. The van der Waals surface area contributed by atoms with E-state index in [-0.39, 0.29) is 0 Å². The van der Waals surface area contributed by atoms with Crippen LogP contribution >= 0.6 is 0 Å². The van der Waals surface area contributed by atoms with E-state index in [0.717, 1.165) is 29.2 Å². The Morgan fingerprint density at radius 1 is 0.645 bits per heavy atom. The lowest BCUT2D eigenvalue weighted by atomic mass is 9.89. The molecule has 0 N–H and O–H groups in total.